The highest BCUT2D eigenvalue weighted by molar-refractivity contribution is 7.45. The van der Waals surface area contributed by atoms with E-state index in [0.717, 1.165) is 52.4 Å². The second kappa shape index (κ2) is 20.9. The number of hydrogen-bond acceptors (Lipinski definition) is 6. The molecule has 3 rings (SSSR count). The molecule has 0 saturated heterocycles. The molecular formula is C34H54N5O2P. The summed E-state index contributed by atoms with van der Waals surface area (Å²) < 4.78 is 5.05. The van der Waals surface area contributed by atoms with Gasteiger partial charge in [-0.25, -0.2) is 4.98 Å². The molecule has 1 aliphatic rings. The van der Waals surface area contributed by atoms with Crippen LogP contribution in [0.3, 0.4) is 0 Å². The Balaban J connectivity index is 0.00000114. The molecule has 7 nitrogen and oxygen atoms in total. The van der Waals surface area contributed by atoms with Crippen LogP contribution in [-0.2, 0) is 4.74 Å². The molecular weight excluding hydrogens is 541 g/mol. The Morgan fingerprint density at radius 1 is 1.17 bits per heavy atom. The Bertz CT molecular complexity index is 1160. The standard InChI is InChI=1S/C27H36N5O2P.C4H10.C3H8/c1-6-7-11-24-20(4)35-25(17-29-24)31-19(3)21-9-8-10-23(15-21)32-27(33)22-14-18(2)26(30-16-22)28-12-13-34-5;1-4(2)3;1-3-2/h8-11,14-17,19,25,31,35H,4,6-7,12-13H2,1-3,5H3,(H,28,30)(H,32,33);4H,1-3H3;3H2,1-2H3/b24-11+;;. The molecule has 232 valence electrons. The van der Waals surface area contributed by atoms with E-state index < -0.39 is 0 Å². The van der Waals surface area contributed by atoms with Gasteiger partial charge in [0.25, 0.3) is 5.91 Å². The van der Waals surface area contributed by atoms with Crippen LogP contribution >= 0.6 is 8.58 Å². The van der Waals surface area contributed by atoms with Crippen LogP contribution in [0.2, 0.25) is 0 Å². The van der Waals surface area contributed by atoms with E-state index in [2.05, 4.69) is 93.1 Å². The van der Waals surface area contributed by atoms with Gasteiger partial charge in [0.2, 0.25) is 0 Å². The molecule has 1 aliphatic heterocycles. The highest BCUT2D eigenvalue weighted by Gasteiger charge is 2.18. The number of carbonyl (C=O) groups is 1. The van der Waals surface area contributed by atoms with E-state index >= 15 is 0 Å². The molecule has 1 amide bonds. The smallest absolute Gasteiger partial charge is 0.257 e. The average molecular weight is 596 g/mol. The van der Waals surface area contributed by atoms with Crippen molar-refractivity contribution in [3.8, 4) is 0 Å². The van der Waals surface area contributed by atoms with Gasteiger partial charge in [-0.1, -0.05) is 87.8 Å². The first-order chi connectivity index (χ1) is 20.1. The number of nitrogens with one attached hydrogen (secondary N) is 3. The molecule has 3 N–H and O–H groups in total. The zero-order valence-corrected chi connectivity index (χ0v) is 28.3. The van der Waals surface area contributed by atoms with Gasteiger partial charge in [-0.15, -0.1) is 0 Å². The van der Waals surface area contributed by atoms with Crippen molar-refractivity contribution in [1.82, 2.24) is 10.3 Å². The summed E-state index contributed by atoms with van der Waals surface area (Å²) in [6, 6.07) is 9.84. The first kappa shape index (κ1) is 37.2. The van der Waals surface area contributed by atoms with Crippen molar-refractivity contribution in [1.29, 1.82) is 0 Å². The number of pyridine rings is 1. The maximum absolute atomic E-state index is 12.8. The van der Waals surface area contributed by atoms with Gasteiger partial charge in [0.15, 0.2) is 0 Å². The van der Waals surface area contributed by atoms with E-state index in [-0.39, 0.29) is 17.7 Å². The Morgan fingerprint density at radius 3 is 2.45 bits per heavy atom. The molecule has 2 aromatic rings. The summed E-state index contributed by atoms with van der Waals surface area (Å²) >= 11 is 0. The number of ether oxygens (including phenoxy) is 1. The van der Waals surface area contributed by atoms with Gasteiger partial charge in [0, 0.05) is 37.8 Å². The second-order valence-corrected chi connectivity index (χ2v) is 12.5. The van der Waals surface area contributed by atoms with Crippen molar-refractivity contribution in [3.63, 3.8) is 0 Å². The Kier molecular flexibility index (Phi) is 18.5. The van der Waals surface area contributed by atoms with Gasteiger partial charge in [-0.05, 0) is 60.8 Å². The minimum absolute atomic E-state index is 0.0890. The van der Waals surface area contributed by atoms with E-state index in [0.29, 0.717) is 27.3 Å². The summed E-state index contributed by atoms with van der Waals surface area (Å²) in [5.74, 6) is 1.55. The van der Waals surface area contributed by atoms with Crippen molar-refractivity contribution < 1.29 is 9.53 Å². The molecule has 2 heterocycles. The van der Waals surface area contributed by atoms with Crippen LogP contribution in [0.1, 0.15) is 95.3 Å². The summed E-state index contributed by atoms with van der Waals surface area (Å²) in [4.78, 5) is 21.8. The summed E-state index contributed by atoms with van der Waals surface area (Å²) in [6.45, 7) is 22.4. The molecule has 3 unspecified atom stereocenters. The monoisotopic (exact) mass is 595 g/mol. The largest absolute Gasteiger partial charge is 0.383 e. The third-order valence-corrected chi connectivity index (χ3v) is 6.87. The first-order valence-electron chi connectivity index (χ1n) is 15.1. The molecule has 1 aromatic heterocycles. The summed E-state index contributed by atoms with van der Waals surface area (Å²) in [5, 5.41) is 10.9. The number of amides is 1. The number of benzene rings is 1. The third-order valence-electron chi connectivity index (χ3n) is 5.64. The van der Waals surface area contributed by atoms with Gasteiger partial charge in [0.1, 0.15) is 5.82 Å². The van der Waals surface area contributed by atoms with Crippen molar-refractivity contribution >= 4 is 32.2 Å². The van der Waals surface area contributed by atoms with Crippen LogP contribution in [-0.4, -0.2) is 43.2 Å². The highest BCUT2D eigenvalue weighted by atomic mass is 31.1. The lowest BCUT2D eigenvalue weighted by Gasteiger charge is -2.25. The fourth-order valence-corrected chi connectivity index (χ4v) is 4.86. The number of nitrogens with zero attached hydrogens (tertiary/aromatic N) is 2. The molecule has 0 fully saturated rings. The van der Waals surface area contributed by atoms with E-state index in [9.17, 15) is 4.79 Å². The topological polar surface area (TPSA) is 87.6 Å². The van der Waals surface area contributed by atoms with Crippen LogP contribution in [0.4, 0.5) is 11.5 Å². The minimum atomic E-state index is -0.189. The number of methoxy groups -OCH3 is 1. The van der Waals surface area contributed by atoms with Gasteiger partial charge in [-0.2, -0.15) is 0 Å². The SMILES string of the molecule is C=C1PC(NC(C)c2cccc(NC(=O)c3cnc(NCCOC)c(C)c3)c2)C=N/C1=C/CCC.CC(C)C.CCC. The molecule has 0 aliphatic carbocycles. The fourth-order valence-electron chi connectivity index (χ4n) is 3.68. The number of unbranched alkanes of at least 4 members (excludes halogenated alkanes) is 1. The molecule has 1 aromatic carbocycles. The molecule has 0 spiro atoms. The minimum Gasteiger partial charge on any atom is -0.383 e. The maximum Gasteiger partial charge on any atom is 0.257 e. The second-order valence-electron chi connectivity index (χ2n) is 11.0. The quantitative estimate of drug-likeness (QED) is 0.179. The molecule has 0 radical (unpaired) electrons. The molecule has 42 heavy (non-hydrogen) atoms. The number of anilines is 2. The summed E-state index contributed by atoms with van der Waals surface area (Å²) in [5.41, 5.74) is 4.27. The van der Waals surface area contributed by atoms with Crippen LogP contribution in [0.25, 0.3) is 0 Å². The van der Waals surface area contributed by atoms with Crippen LogP contribution in [0.5, 0.6) is 0 Å². The molecule has 3 atom stereocenters. The number of rotatable bonds is 11. The third kappa shape index (κ3) is 14.4. The van der Waals surface area contributed by atoms with Gasteiger partial charge in [-0.3, -0.25) is 15.1 Å². The van der Waals surface area contributed by atoms with Crippen molar-refractivity contribution in [2.45, 2.75) is 86.5 Å². The molecule has 0 saturated carbocycles. The summed E-state index contributed by atoms with van der Waals surface area (Å²) in [6.07, 6.45) is 9.12. The van der Waals surface area contributed by atoms with E-state index in [1.807, 2.05) is 37.4 Å². The lowest BCUT2D eigenvalue weighted by atomic mass is 10.1. The molecule has 0 bridgehead atoms. The predicted molar refractivity (Wildman–Crippen MR) is 184 cm³/mol. The zero-order chi connectivity index (χ0) is 31.5. The number of allylic oxidation sites excluding steroid dienone is 2. The average Bonchev–Trinajstić information content (AvgIpc) is 2.94. The van der Waals surface area contributed by atoms with Crippen molar-refractivity contribution in [3.05, 3.63) is 76.9 Å². The predicted octanol–water partition coefficient (Wildman–Crippen LogP) is 8.72. The number of aromatic nitrogens is 1. The lowest BCUT2D eigenvalue weighted by molar-refractivity contribution is 0.102. The van der Waals surface area contributed by atoms with Crippen LogP contribution < -0.4 is 16.0 Å². The Hall–Kier alpha value is -2.86. The van der Waals surface area contributed by atoms with E-state index in [4.69, 9.17) is 4.74 Å². The van der Waals surface area contributed by atoms with Gasteiger partial charge < -0.3 is 15.4 Å². The number of carbonyl (C=O) groups excluding carboxylic acids is 1. The van der Waals surface area contributed by atoms with Gasteiger partial charge in [0.05, 0.1) is 23.7 Å². The fraction of sp³-hybridized carbons (Fsp3) is 0.500. The van der Waals surface area contributed by atoms with Gasteiger partial charge >= 0.3 is 0 Å². The van der Waals surface area contributed by atoms with Crippen molar-refractivity contribution in [2.75, 3.05) is 30.9 Å². The normalized spacial score (nSPS) is 16.4. The number of aryl methyl sites for hydroxylation is 1. The Labute approximate surface area is 256 Å². The highest BCUT2D eigenvalue weighted by Crippen LogP contribution is 2.37. The van der Waals surface area contributed by atoms with E-state index in [1.165, 1.54) is 6.42 Å². The van der Waals surface area contributed by atoms with Crippen molar-refractivity contribution in [2.24, 2.45) is 10.9 Å². The maximum atomic E-state index is 12.8. The van der Waals surface area contributed by atoms with Crippen LogP contribution in [0, 0.1) is 12.8 Å². The number of aliphatic imine (C=N–C) groups is 1. The van der Waals surface area contributed by atoms with Crippen LogP contribution in [0.15, 0.2) is 65.2 Å². The zero-order valence-electron chi connectivity index (χ0n) is 27.3. The first-order valence-corrected chi connectivity index (χ1v) is 16.2. The summed E-state index contributed by atoms with van der Waals surface area (Å²) in [7, 11) is 2.21. The molecule has 8 heteroatoms. The lowest BCUT2D eigenvalue weighted by Crippen LogP contribution is -2.30. The van der Waals surface area contributed by atoms with E-state index in [1.54, 1.807) is 13.3 Å². The Morgan fingerprint density at radius 2 is 1.86 bits per heavy atom. The number of hydrogen-bond donors (Lipinski definition) is 3.